The predicted molar refractivity (Wildman–Crippen MR) is 104 cm³/mol. The van der Waals surface area contributed by atoms with Gasteiger partial charge in [-0.25, -0.2) is 13.4 Å². The summed E-state index contributed by atoms with van der Waals surface area (Å²) in [6, 6.07) is 8.33. The highest BCUT2D eigenvalue weighted by Crippen LogP contribution is 2.24. The fourth-order valence-corrected chi connectivity index (χ4v) is 5.26. The molecule has 0 unspecified atom stereocenters. The Hall–Kier alpha value is -2.49. The number of aromatic nitrogens is 3. The van der Waals surface area contributed by atoms with Gasteiger partial charge in [0.15, 0.2) is 5.76 Å². The summed E-state index contributed by atoms with van der Waals surface area (Å²) in [5.41, 5.74) is 2.68. The molecule has 1 saturated heterocycles. The number of rotatable bonds is 5. The number of piperazine rings is 1. The Morgan fingerprint density at radius 3 is 2.36 bits per heavy atom. The molecule has 0 bridgehead atoms. The van der Waals surface area contributed by atoms with E-state index in [1.807, 2.05) is 10.8 Å². The highest BCUT2D eigenvalue weighted by molar-refractivity contribution is 7.89. The number of sulfonamides is 1. The van der Waals surface area contributed by atoms with Crippen LogP contribution >= 0.6 is 0 Å². The van der Waals surface area contributed by atoms with Crippen molar-refractivity contribution in [3.8, 4) is 5.69 Å². The molecule has 4 rings (SSSR count). The van der Waals surface area contributed by atoms with Gasteiger partial charge in [0.05, 0.1) is 6.33 Å². The molecule has 0 atom stereocenters. The number of hydrogen-bond acceptors (Lipinski definition) is 6. The van der Waals surface area contributed by atoms with E-state index >= 15 is 0 Å². The molecule has 0 aliphatic carbocycles. The van der Waals surface area contributed by atoms with E-state index in [2.05, 4.69) is 39.3 Å². The van der Waals surface area contributed by atoms with Crippen LogP contribution in [0, 0.1) is 13.8 Å². The fourth-order valence-electron chi connectivity index (χ4n) is 3.54. The number of hydrogen-bond donors (Lipinski definition) is 0. The van der Waals surface area contributed by atoms with Crippen molar-refractivity contribution in [1.29, 1.82) is 0 Å². The minimum Gasteiger partial charge on any atom is -0.360 e. The average molecular weight is 401 g/mol. The summed E-state index contributed by atoms with van der Waals surface area (Å²) in [7, 11) is -3.57. The van der Waals surface area contributed by atoms with Crippen molar-refractivity contribution in [2.24, 2.45) is 0 Å². The molecule has 0 radical (unpaired) electrons. The van der Waals surface area contributed by atoms with E-state index in [0.717, 1.165) is 12.2 Å². The molecule has 1 aliphatic rings. The molecule has 0 N–H and O–H groups in total. The van der Waals surface area contributed by atoms with E-state index in [4.69, 9.17) is 4.52 Å². The lowest BCUT2D eigenvalue weighted by atomic mass is 10.2. The molecular weight excluding hydrogens is 378 g/mol. The fraction of sp³-hybridized carbons (Fsp3) is 0.368. The molecule has 9 heteroatoms. The normalized spacial score (nSPS) is 16.5. The third-order valence-electron chi connectivity index (χ3n) is 5.04. The van der Waals surface area contributed by atoms with Crippen LogP contribution in [0.5, 0.6) is 0 Å². The van der Waals surface area contributed by atoms with Crippen LogP contribution in [0.1, 0.15) is 17.0 Å². The van der Waals surface area contributed by atoms with Gasteiger partial charge in [-0.15, -0.1) is 0 Å². The van der Waals surface area contributed by atoms with Gasteiger partial charge in [0, 0.05) is 50.8 Å². The SMILES string of the molecule is Cc1noc(C)c1S(=O)(=O)N1CCN(Cc2ccc(-n3ccnc3)cc2)CC1. The molecule has 3 aromatic rings. The highest BCUT2D eigenvalue weighted by atomic mass is 32.2. The summed E-state index contributed by atoms with van der Waals surface area (Å²) in [5, 5.41) is 3.78. The lowest BCUT2D eigenvalue weighted by Gasteiger charge is -2.33. The van der Waals surface area contributed by atoms with Gasteiger partial charge in [0.2, 0.25) is 10.0 Å². The highest BCUT2D eigenvalue weighted by Gasteiger charge is 2.33. The third-order valence-corrected chi connectivity index (χ3v) is 7.19. The second-order valence-electron chi connectivity index (χ2n) is 6.97. The Morgan fingerprint density at radius 2 is 1.79 bits per heavy atom. The van der Waals surface area contributed by atoms with E-state index < -0.39 is 10.0 Å². The van der Waals surface area contributed by atoms with Gasteiger partial charge in [0.1, 0.15) is 10.6 Å². The Morgan fingerprint density at radius 1 is 1.07 bits per heavy atom. The number of imidazole rings is 1. The smallest absolute Gasteiger partial charge is 0.248 e. The summed E-state index contributed by atoms with van der Waals surface area (Å²) in [5.74, 6) is 0.345. The Kier molecular flexibility index (Phi) is 5.05. The summed E-state index contributed by atoms with van der Waals surface area (Å²) < 4.78 is 34.3. The van der Waals surface area contributed by atoms with Crippen LogP contribution in [0.3, 0.4) is 0 Å². The first-order valence-corrected chi connectivity index (χ1v) is 10.6. The maximum atomic E-state index is 12.9. The van der Waals surface area contributed by atoms with Crippen molar-refractivity contribution < 1.29 is 12.9 Å². The van der Waals surface area contributed by atoms with Gasteiger partial charge in [-0.1, -0.05) is 17.3 Å². The molecule has 28 heavy (non-hydrogen) atoms. The van der Waals surface area contributed by atoms with Crippen LogP contribution in [0.2, 0.25) is 0 Å². The summed E-state index contributed by atoms with van der Waals surface area (Å²) in [6.07, 6.45) is 5.44. The zero-order chi connectivity index (χ0) is 19.7. The minimum absolute atomic E-state index is 0.205. The molecule has 1 aliphatic heterocycles. The number of aryl methyl sites for hydroxylation is 2. The monoisotopic (exact) mass is 401 g/mol. The molecule has 1 aromatic carbocycles. The molecule has 2 aromatic heterocycles. The lowest BCUT2D eigenvalue weighted by molar-refractivity contribution is 0.181. The zero-order valence-corrected chi connectivity index (χ0v) is 16.8. The van der Waals surface area contributed by atoms with Gasteiger partial charge in [0.25, 0.3) is 0 Å². The lowest BCUT2D eigenvalue weighted by Crippen LogP contribution is -2.48. The van der Waals surface area contributed by atoms with Crippen LogP contribution in [0.25, 0.3) is 5.69 Å². The van der Waals surface area contributed by atoms with Crippen molar-refractivity contribution in [3.63, 3.8) is 0 Å². The first kappa shape index (κ1) is 18.9. The summed E-state index contributed by atoms with van der Waals surface area (Å²) in [4.78, 5) is 6.54. The van der Waals surface area contributed by atoms with E-state index in [1.165, 1.54) is 9.87 Å². The predicted octanol–water partition coefficient (Wildman–Crippen LogP) is 1.98. The van der Waals surface area contributed by atoms with Gasteiger partial charge in [-0.3, -0.25) is 4.90 Å². The molecule has 0 amide bonds. The van der Waals surface area contributed by atoms with Gasteiger partial charge in [-0.05, 0) is 31.5 Å². The van der Waals surface area contributed by atoms with Crippen LogP contribution < -0.4 is 0 Å². The molecule has 0 spiro atoms. The van der Waals surface area contributed by atoms with Crippen molar-refractivity contribution in [2.75, 3.05) is 26.2 Å². The largest absolute Gasteiger partial charge is 0.360 e. The third kappa shape index (κ3) is 3.60. The number of benzene rings is 1. The quantitative estimate of drug-likeness (QED) is 0.650. The standard InChI is InChI=1S/C19H23N5O3S/c1-15-19(16(2)27-21-15)28(25,26)24-11-9-22(10-12-24)13-17-3-5-18(6-4-17)23-8-7-20-14-23/h3-8,14H,9-13H2,1-2H3. The van der Waals surface area contributed by atoms with Crippen LogP contribution in [-0.2, 0) is 16.6 Å². The molecular formula is C19H23N5O3S. The second-order valence-corrected chi connectivity index (χ2v) is 8.84. The second kappa shape index (κ2) is 7.50. The first-order chi connectivity index (χ1) is 13.4. The van der Waals surface area contributed by atoms with Gasteiger partial charge in [-0.2, -0.15) is 4.31 Å². The molecule has 1 fully saturated rings. The van der Waals surface area contributed by atoms with E-state index in [1.54, 1.807) is 26.4 Å². The van der Waals surface area contributed by atoms with E-state index in [-0.39, 0.29) is 4.90 Å². The summed E-state index contributed by atoms with van der Waals surface area (Å²) >= 11 is 0. The molecule has 3 heterocycles. The Labute approximate surface area is 164 Å². The molecule has 0 saturated carbocycles. The molecule has 8 nitrogen and oxygen atoms in total. The Balaban J connectivity index is 1.38. The zero-order valence-electron chi connectivity index (χ0n) is 15.9. The number of nitrogens with zero attached hydrogens (tertiary/aromatic N) is 5. The van der Waals surface area contributed by atoms with Crippen LogP contribution in [0.15, 0.2) is 52.4 Å². The van der Waals surface area contributed by atoms with Crippen molar-refractivity contribution in [2.45, 2.75) is 25.3 Å². The van der Waals surface area contributed by atoms with E-state index in [0.29, 0.717) is 37.6 Å². The van der Waals surface area contributed by atoms with Crippen LogP contribution in [-0.4, -0.2) is 58.5 Å². The summed E-state index contributed by atoms with van der Waals surface area (Å²) in [6.45, 7) is 6.38. The topological polar surface area (TPSA) is 84.5 Å². The van der Waals surface area contributed by atoms with Crippen molar-refractivity contribution in [1.82, 2.24) is 23.9 Å². The van der Waals surface area contributed by atoms with Crippen LogP contribution in [0.4, 0.5) is 0 Å². The van der Waals surface area contributed by atoms with Gasteiger partial charge < -0.3 is 9.09 Å². The van der Waals surface area contributed by atoms with E-state index in [9.17, 15) is 8.42 Å². The Bertz CT molecular complexity index is 1010. The van der Waals surface area contributed by atoms with Gasteiger partial charge >= 0.3 is 0 Å². The maximum absolute atomic E-state index is 12.9. The minimum atomic E-state index is -3.57. The average Bonchev–Trinajstić information content (AvgIpc) is 3.33. The maximum Gasteiger partial charge on any atom is 0.248 e. The van der Waals surface area contributed by atoms with Crippen molar-refractivity contribution in [3.05, 3.63) is 60.0 Å². The first-order valence-electron chi connectivity index (χ1n) is 9.18. The van der Waals surface area contributed by atoms with Crippen molar-refractivity contribution >= 4 is 10.0 Å². The molecule has 148 valence electrons.